The van der Waals surface area contributed by atoms with E-state index < -0.39 is 12.1 Å². The molecule has 5 heteroatoms. The van der Waals surface area contributed by atoms with E-state index in [4.69, 9.17) is 23.1 Å². The van der Waals surface area contributed by atoms with Gasteiger partial charge in [-0.15, -0.1) is 0 Å². The first-order valence-electron chi connectivity index (χ1n) is 4.03. The van der Waals surface area contributed by atoms with Crippen molar-refractivity contribution in [2.24, 2.45) is 11.5 Å². The van der Waals surface area contributed by atoms with Gasteiger partial charge in [-0.05, 0) is 17.7 Å². The van der Waals surface area contributed by atoms with Crippen LogP contribution < -0.4 is 11.5 Å². The molecule has 14 heavy (non-hydrogen) atoms. The number of rotatable bonds is 3. The molecule has 0 aliphatic carbocycles. The molecule has 4 N–H and O–H groups in total. The second-order valence-corrected chi connectivity index (χ2v) is 3.23. The maximum absolute atomic E-state index is 10.3. The second-order valence-electron chi connectivity index (χ2n) is 2.79. The van der Waals surface area contributed by atoms with E-state index in [1.54, 1.807) is 24.3 Å². The van der Waals surface area contributed by atoms with Crippen molar-refractivity contribution in [2.75, 3.05) is 6.61 Å². The van der Waals surface area contributed by atoms with Gasteiger partial charge in [0.2, 0.25) is 0 Å². The van der Waals surface area contributed by atoms with Gasteiger partial charge in [0, 0.05) is 5.02 Å². The molecule has 0 heterocycles. The molecule has 0 saturated heterocycles. The highest BCUT2D eigenvalue weighted by molar-refractivity contribution is 6.30. The average molecular weight is 215 g/mol. The molecule has 1 atom stereocenters. The van der Waals surface area contributed by atoms with Gasteiger partial charge in [-0.2, -0.15) is 0 Å². The normalized spacial score (nSPS) is 12.1. The van der Waals surface area contributed by atoms with Gasteiger partial charge < -0.3 is 16.2 Å². The fraction of sp³-hybridized carbons (Fsp3) is 0.222. The Balaban J connectivity index is 2.60. The molecule has 0 bridgehead atoms. The summed E-state index contributed by atoms with van der Waals surface area (Å²) in [4.78, 5) is 10.3. The van der Waals surface area contributed by atoms with Crippen molar-refractivity contribution in [3.8, 4) is 0 Å². The molecule has 4 nitrogen and oxygen atoms in total. The van der Waals surface area contributed by atoms with Crippen LogP contribution in [0.4, 0.5) is 4.79 Å². The topological polar surface area (TPSA) is 78.3 Å². The van der Waals surface area contributed by atoms with E-state index in [-0.39, 0.29) is 6.61 Å². The van der Waals surface area contributed by atoms with E-state index in [1.807, 2.05) is 0 Å². The molecule has 0 aliphatic heterocycles. The lowest BCUT2D eigenvalue weighted by atomic mass is 10.1. The third-order valence-corrected chi connectivity index (χ3v) is 1.92. The minimum atomic E-state index is -0.831. The number of halogens is 1. The summed E-state index contributed by atoms with van der Waals surface area (Å²) in [5.74, 6) is 0. The van der Waals surface area contributed by atoms with Crippen molar-refractivity contribution in [3.63, 3.8) is 0 Å². The predicted molar refractivity (Wildman–Crippen MR) is 53.9 cm³/mol. The summed E-state index contributed by atoms with van der Waals surface area (Å²) in [5.41, 5.74) is 11.3. The van der Waals surface area contributed by atoms with Gasteiger partial charge in [0.1, 0.15) is 6.61 Å². The minimum Gasteiger partial charge on any atom is -0.448 e. The molecular formula is C9H11ClN2O2. The minimum absolute atomic E-state index is 0.0513. The maximum atomic E-state index is 10.3. The second kappa shape index (κ2) is 4.83. The summed E-state index contributed by atoms with van der Waals surface area (Å²) in [6, 6.07) is 6.65. The highest BCUT2D eigenvalue weighted by atomic mass is 35.5. The lowest BCUT2D eigenvalue weighted by Gasteiger charge is -2.11. The zero-order valence-corrected chi connectivity index (χ0v) is 8.20. The van der Waals surface area contributed by atoms with Gasteiger partial charge in [0.25, 0.3) is 0 Å². The first-order chi connectivity index (χ1) is 6.59. The van der Waals surface area contributed by atoms with Gasteiger partial charge >= 0.3 is 6.09 Å². The van der Waals surface area contributed by atoms with Crippen molar-refractivity contribution in [2.45, 2.75) is 6.04 Å². The third-order valence-electron chi connectivity index (χ3n) is 1.68. The van der Waals surface area contributed by atoms with E-state index >= 15 is 0 Å². The number of benzene rings is 1. The number of amides is 1. The first kappa shape index (κ1) is 10.8. The van der Waals surface area contributed by atoms with Gasteiger partial charge in [-0.1, -0.05) is 23.7 Å². The van der Waals surface area contributed by atoms with E-state index in [0.717, 1.165) is 5.56 Å². The number of carbonyl (C=O) groups is 1. The average Bonchev–Trinajstić information content (AvgIpc) is 2.14. The van der Waals surface area contributed by atoms with Crippen LogP contribution in [0.3, 0.4) is 0 Å². The quantitative estimate of drug-likeness (QED) is 0.799. The Bertz CT molecular complexity index is 330. The van der Waals surface area contributed by atoms with Gasteiger partial charge in [0.15, 0.2) is 0 Å². The number of hydrogen-bond acceptors (Lipinski definition) is 3. The van der Waals surface area contributed by atoms with Crippen LogP contribution in [0.5, 0.6) is 0 Å². The third kappa shape index (κ3) is 3.24. The number of nitrogens with two attached hydrogens (primary N) is 2. The molecule has 1 aromatic carbocycles. The van der Waals surface area contributed by atoms with Crippen LogP contribution in [0.15, 0.2) is 24.3 Å². The van der Waals surface area contributed by atoms with Gasteiger partial charge in [-0.25, -0.2) is 4.79 Å². The molecule has 0 aliphatic rings. The lowest BCUT2D eigenvalue weighted by Crippen LogP contribution is -2.22. The van der Waals surface area contributed by atoms with E-state index in [0.29, 0.717) is 5.02 Å². The van der Waals surface area contributed by atoms with E-state index in [2.05, 4.69) is 4.74 Å². The Labute approximate surface area is 86.8 Å². The van der Waals surface area contributed by atoms with Crippen LogP contribution in [0, 0.1) is 0 Å². The highest BCUT2D eigenvalue weighted by Gasteiger charge is 2.07. The largest absolute Gasteiger partial charge is 0.448 e. The van der Waals surface area contributed by atoms with E-state index in [9.17, 15) is 4.79 Å². The van der Waals surface area contributed by atoms with Crippen molar-refractivity contribution in [1.82, 2.24) is 0 Å². The Morgan fingerprint density at radius 3 is 2.86 bits per heavy atom. The standard InChI is InChI=1S/C9H11ClN2O2/c10-7-3-1-2-6(4-7)8(11)5-14-9(12)13/h1-4,8H,5,11H2,(H2,12,13)/t8-/m0/s1. The summed E-state index contributed by atoms with van der Waals surface area (Å²) in [5, 5.41) is 0.594. The van der Waals surface area contributed by atoms with Gasteiger partial charge in [0.05, 0.1) is 6.04 Å². The first-order valence-corrected chi connectivity index (χ1v) is 4.40. The van der Waals surface area contributed by atoms with Crippen LogP contribution in [0.25, 0.3) is 0 Å². The summed E-state index contributed by atoms with van der Waals surface area (Å²) in [6.45, 7) is 0.0513. The summed E-state index contributed by atoms with van der Waals surface area (Å²) in [7, 11) is 0. The van der Waals surface area contributed by atoms with Crippen LogP contribution in [-0.4, -0.2) is 12.7 Å². The molecule has 0 fully saturated rings. The Morgan fingerprint density at radius 2 is 2.29 bits per heavy atom. The fourth-order valence-corrected chi connectivity index (χ4v) is 1.20. The smallest absolute Gasteiger partial charge is 0.404 e. The molecule has 0 spiro atoms. The number of primary amides is 1. The zero-order chi connectivity index (χ0) is 10.6. The van der Waals surface area contributed by atoms with Crippen molar-refractivity contribution < 1.29 is 9.53 Å². The molecule has 0 radical (unpaired) electrons. The van der Waals surface area contributed by atoms with Crippen LogP contribution >= 0.6 is 11.6 Å². The molecule has 0 unspecified atom stereocenters. The Kier molecular flexibility index (Phi) is 3.73. The van der Waals surface area contributed by atoms with Crippen molar-refractivity contribution in [1.29, 1.82) is 0 Å². The Morgan fingerprint density at radius 1 is 1.57 bits per heavy atom. The van der Waals surface area contributed by atoms with Crippen molar-refractivity contribution >= 4 is 17.7 Å². The molecule has 1 rings (SSSR count). The molecule has 76 valence electrons. The number of hydrogen-bond donors (Lipinski definition) is 2. The number of carbonyl (C=O) groups excluding carboxylic acids is 1. The molecule has 0 saturated carbocycles. The van der Waals surface area contributed by atoms with Gasteiger partial charge in [-0.3, -0.25) is 0 Å². The summed E-state index contributed by atoms with van der Waals surface area (Å²) < 4.78 is 4.57. The molecule has 1 amide bonds. The summed E-state index contributed by atoms with van der Waals surface area (Å²) in [6.07, 6.45) is -0.831. The van der Waals surface area contributed by atoms with E-state index in [1.165, 1.54) is 0 Å². The Hall–Kier alpha value is -1.26. The zero-order valence-electron chi connectivity index (χ0n) is 7.44. The predicted octanol–water partition coefficient (Wildman–Crippen LogP) is 1.44. The monoisotopic (exact) mass is 214 g/mol. The lowest BCUT2D eigenvalue weighted by molar-refractivity contribution is 0.149. The van der Waals surface area contributed by atoms with Crippen LogP contribution in [0.1, 0.15) is 11.6 Å². The molecular weight excluding hydrogens is 204 g/mol. The fourth-order valence-electron chi connectivity index (χ4n) is 1.01. The van der Waals surface area contributed by atoms with Crippen LogP contribution in [-0.2, 0) is 4.74 Å². The van der Waals surface area contributed by atoms with Crippen molar-refractivity contribution in [3.05, 3.63) is 34.9 Å². The summed E-state index contributed by atoms with van der Waals surface area (Å²) >= 11 is 5.76. The number of ether oxygens (including phenoxy) is 1. The maximum Gasteiger partial charge on any atom is 0.404 e. The SMILES string of the molecule is NC(=O)OC[C@H](N)c1cccc(Cl)c1. The highest BCUT2D eigenvalue weighted by Crippen LogP contribution is 2.16. The molecule has 1 aromatic rings. The van der Waals surface area contributed by atoms with Crippen LogP contribution in [0.2, 0.25) is 5.02 Å². The molecule has 0 aromatic heterocycles.